The van der Waals surface area contributed by atoms with Gasteiger partial charge in [-0.2, -0.15) is 0 Å². The molecule has 9 aromatic rings. The molecule has 0 amide bonds. The molecule has 0 N–H and O–H groups in total. The number of furan rings is 1. The van der Waals surface area contributed by atoms with Crippen LogP contribution in [-0.2, 0) is 0 Å². The number of benzene rings is 7. The van der Waals surface area contributed by atoms with Crippen molar-refractivity contribution >= 4 is 60.5 Å². The SMILES string of the molecule is c1ccc(N(c2ccc(-c3cc4oc5cccc(-c6cccnc6)c5c4c4ccccc34)cc2)c2cccc3ccccc23)cc1. The molecule has 0 atom stereocenters. The second kappa shape index (κ2) is 10.8. The Labute approximate surface area is 266 Å². The molecule has 0 saturated heterocycles. The van der Waals surface area contributed by atoms with Gasteiger partial charge in [-0.1, -0.05) is 109 Å². The van der Waals surface area contributed by atoms with Crippen LogP contribution in [-0.4, -0.2) is 4.98 Å². The molecular weight excluding hydrogens is 560 g/mol. The van der Waals surface area contributed by atoms with Gasteiger partial charge in [0.1, 0.15) is 11.2 Å². The van der Waals surface area contributed by atoms with E-state index in [1.807, 2.05) is 18.5 Å². The summed E-state index contributed by atoms with van der Waals surface area (Å²) in [6, 6.07) is 55.8. The van der Waals surface area contributed by atoms with Crippen LogP contribution in [0.3, 0.4) is 0 Å². The van der Waals surface area contributed by atoms with E-state index in [1.165, 1.54) is 21.5 Å². The average molecular weight is 589 g/mol. The number of para-hydroxylation sites is 1. The van der Waals surface area contributed by atoms with Crippen LogP contribution in [0.4, 0.5) is 17.1 Å². The molecule has 0 unspecified atom stereocenters. The quantitative estimate of drug-likeness (QED) is 0.200. The molecule has 3 heteroatoms. The highest BCUT2D eigenvalue weighted by Gasteiger charge is 2.19. The van der Waals surface area contributed by atoms with Crippen molar-refractivity contribution in [3.8, 4) is 22.3 Å². The Morgan fingerprint density at radius 2 is 1.17 bits per heavy atom. The summed E-state index contributed by atoms with van der Waals surface area (Å²) >= 11 is 0. The van der Waals surface area contributed by atoms with E-state index in [9.17, 15) is 0 Å². The summed E-state index contributed by atoms with van der Waals surface area (Å²) < 4.78 is 6.57. The maximum atomic E-state index is 6.57. The molecular formula is C43H28N2O. The van der Waals surface area contributed by atoms with Gasteiger partial charge in [0.2, 0.25) is 0 Å². The molecule has 2 heterocycles. The lowest BCUT2D eigenvalue weighted by atomic mass is 9.93. The van der Waals surface area contributed by atoms with Crippen molar-refractivity contribution in [1.82, 2.24) is 4.98 Å². The fourth-order valence-corrected chi connectivity index (χ4v) is 6.88. The van der Waals surface area contributed by atoms with Crippen molar-refractivity contribution in [2.45, 2.75) is 0 Å². The van der Waals surface area contributed by atoms with E-state index in [0.29, 0.717) is 0 Å². The van der Waals surface area contributed by atoms with Crippen LogP contribution in [0, 0.1) is 0 Å². The first-order valence-electron chi connectivity index (χ1n) is 15.5. The van der Waals surface area contributed by atoms with Gasteiger partial charge in [-0.3, -0.25) is 4.98 Å². The summed E-state index contributed by atoms with van der Waals surface area (Å²) in [5, 5.41) is 7.06. The first kappa shape index (κ1) is 26.2. The number of anilines is 3. The summed E-state index contributed by atoms with van der Waals surface area (Å²) in [7, 11) is 0. The molecule has 7 aromatic carbocycles. The molecule has 0 aliphatic rings. The Morgan fingerprint density at radius 1 is 0.457 bits per heavy atom. The maximum Gasteiger partial charge on any atom is 0.136 e. The van der Waals surface area contributed by atoms with Crippen LogP contribution < -0.4 is 4.90 Å². The van der Waals surface area contributed by atoms with Crippen molar-refractivity contribution in [1.29, 1.82) is 0 Å². The first-order chi connectivity index (χ1) is 22.8. The molecule has 46 heavy (non-hydrogen) atoms. The van der Waals surface area contributed by atoms with Crippen LogP contribution in [0.5, 0.6) is 0 Å². The van der Waals surface area contributed by atoms with Crippen LogP contribution in [0.1, 0.15) is 0 Å². The van der Waals surface area contributed by atoms with Crippen molar-refractivity contribution in [3.05, 3.63) is 170 Å². The highest BCUT2D eigenvalue weighted by atomic mass is 16.3. The predicted molar refractivity (Wildman–Crippen MR) is 192 cm³/mol. The molecule has 0 spiro atoms. The fourth-order valence-electron chi connectivity index (χ4n) is 6.88. The van der Waals surface area contributed by atoms with E-state index in [1.54, 1.807) is 0 Å². The number of hydrogen-bond donors (Lipinski definition) is 0. The number of hydrogen-bond acceptors (Lipinski definition) is 3. The van der Waals surface area contributed by atoms with E-state index < -0.39 is 0 Å². The van der Waals surface area contributed by atoms with Gasteiger partial charge in [-0.15, -0.1) is 0 Å². The number of pyridine rings is 1. The maximum absolute atomic E-state index is 6.57. The molecule has 0 aliphatic heterocycles. The largest absolute Gasteiger partial charge is 0.456 e. The van der Waals surface area contributed by atoms with Crippen LogP contribution in [0.15, 0.2) is 175 Å². The summed E-state index contributed by atoms with van der Waals surface area (Å²) in [6.45, 7) is 0. The lowest BCUT2D eigenvalue weighted by Crippen LogP contribution is -2.10. The number of rotatable bonds is 5. The van der Waals surface area contributed by atoms with Gasteiger partial charge in [-0.25, -0.2) is 0 Å². The molecule has 0 radical (unpaired) electrons. The van der Waals surface area contributed by atoms with E-state index in [-0.39, 0.29) is 0 Å². The minimum atomic E-state index is 0.877. The Kier molecular flexibility index (Phi) is 6.14. The van der Waals surface area contributed by atoms with Gasteiger partial charge in [0, 0.05) is 45.5 Å². The summed E-state index contributed by atoms with van der Waals surface area (Å²) in [4.78, 5) is 6.73. The van der Waals surface area contributed by atoms with Gasteiger partial charge >= 0.3 is 0 Å². The second-order valence-corrected chi connectivity index (χ2v) is 11.6. The molecule has 0 saturated carbocycles. The third-order valence-corrected chi connectivity index (χ3v) is 8.94. The Balaban J connectivity index is 1.22. The van der Waals surface area contributed by atoms with E-state index in [2.05, 4.69) is 162 Å². The van der Waals surface area contributed by atoms with Crippen LogP contribution >= 0.6 is 0 Å². The highest BCUT2D eigenvalue weighted by molar-refractivity contribution is 6.25. The Hall–Kier alpha value is -6.19. The van der Waals surface area contributed by atoms with Crippen LogP contribution in [0.25, 0.3) is 65.7 Å². The molecule has 0 aliphatic carbocycles. The molecule has 0 fully saturated rings. The third-order valence-electron chi connectivity index (χ3n) is 8.94. The van der Waals surface area contributed by atoms with Crippen molar-refractivity contribution in [2.24, 2.45) is 0 Å². The molecule has 9 rings (SSSR count). The second-order valence-electron chi connectivity index (χ2n) is 11.6. The number of nitrogens with zero attached hydrogens (tertiary/aromatic N) is 2. The number of aromatic nitrogens is 1. The van der Waals surface area contributed by atoms with Gasteiger partial charge in [-0.05, 0) is 81.4 Å². The third kappa shape index (κ3) is 4.25. The van der Waals surface area contributed by atoms with E-state index >= 15 is 0 Å². The Morgan fingerprint density at radius 3 is 2.00 bits per heavy atom. The Bertz CT molecular complexity index is 2510. The molecule has 0 bridgehead atoms. The van der Waals surface area contributed by atoms with E-state index in [0.717, 1.165) is 61.3 Å². The van der Waals surface area contributed by atoms with Crippen LogP contribution in [0.2, 0.25) is 0 Å². The topological polar surface area (TPSA) is 29.3 Å². The van der Waals surface area contributed by atoms with Crippen molar-refractivity contribution < 1.29 is 4.42 Å². The smallest absolute Gasteiger partial charge is 0.136 e. The van der Waals surface area contributed by atoms with Gasteiger partial charge < -0.3 is 9.32 Å². The first-order valence-corrected chi connectivity index (χ1v) is 15.5. The fraction of sp³-hybridized carbons (Fsp3) is 0. The number of fused-ring (bicyclic) bond motifs is 6. The van der Waals surface area contributed by atoms with Crippen molar-refractivity contribution in [2.75, 3.05) is 4.90 Å². The molecule has 3 nitrogen and oxygen atoms in total. The standard InChI is InChI=1S/C43H28N2O/c1-2-14-32(15-3-1)45(39-20-8-12-29-11-4-5-16-34(29)39)33-24-22-30(23-25-33)38-27-41-43(37-18-7-6-17-36(37)38)42-35(19-9-21-40(42)46-41)31-13-10-26-44-28-31/h1-28H. The normalized spacial score (nSPS) is 11.5. The average Bonchev–Trinajstić information content (AvgIpc) is 3.52. The zero-order valence-corrected chi connectivity index (χ0v) is 25.0. The zero-order chi connectivity index (χ0) is 30.5. The van der Waals surface area contributed by atoms with Crippen molar-refractivity contribution in [3.63, 3.8) is 0 Å². The molecule has 2 aromatic heterocycles. The van der Waals surface area contributed by atoms with Gasteiger partial charge in [0.05, 0.1) is 5.69 Å². The zero-order valence-electron chi connectivity index (χ0n) is 25.0. The monoisotopic (exact) mass is 588 g/mol. The predicted octanol–water partition coefficient (Wildman–Crippen LogP) is 12.1. The summed E-state index contributed by atoms with van der Waals surface area (Å²) in [5.74, 6) is 0. The lowest BCUT2D eigenvalue weighted by Gasteiger charge is -2.27. The van der Waals surface area contributed by atoms with Gasteiger partial charge in [0.25, 0.3) is 0 Å². The van der Waals surface area contributed by atoms with Gasteiger partial charge in [0.15, 0.2) is 0 Å². The highest BCUT2D eigenvalue weighted by Crippen LogP contribution is 2.44. The minimum absolute atomic E-state index is 0.877. The minimum Gasteiger partial charge on any atom is -0.456 e. The summed E-state index contributed by atoms with van der Waals surface area (Å²) in [5.41, 5.74) is 9.61. The van der Waals surface area contributed by atoms with E-state index in [4.69, 9.17) is 4.42 Å². The molecule has 216 valence electrons. The lowest BCUT2D eigenvalue weighted by molar-refractivity contribution is 0.669. The summed E-state index contributed by atoms with van der Waals surface area (Å²) in [6.07, 6.45) is 3.73.